The van der Waals surface area contributed by atoms with Crippen molar-refractivity contribution < 1.29 is 18.8 Å². The van der Waals surface area contributed by atoms with Gasteiger partial charge in [-0.1, -0.05) is 12.1 Å². The SMILES string of the molecule is C[C@]1(c2cccc(C(N)=O)c2)NC(=O)N(Cc2csc(-c3ccc(F)cc3)n2)C1=O. The molecule has 1 atom stereocenters. The fraction of sp³-hybridized carbons (Fsp3) is 0.143. The predicted molar refractivity (Wildman–Crippen MR) is 109 cm³/mol. The number of imide groups is 1. The number of carbonyl (C=O) groups is 3. The Balaban J connectivity index is 1.57. The lowest BCUT2D eigenvalue weighted by molar-refractivity contribution is -0.131. The zero-order valence-corrected chi connectivity index (χ0v) is 16.7. The lowest BCUT2D eigenvalue weighted by Crippen LogP contribution is -2.41. The minimum absolute atomic E-state index is 0.00649. The maximum atomic E-state index is 13.1. The normalized spacial score (nSPS) is 18.5. The number of carbonyl (C=O) groups excluding carboxylic acids is 3. The maximum Gasteiger partial charge on any atom is 0.325 e. The summed E-state index contributed by atoms with van der Waals surface area (Å²) in [6, 6.07) is 11.7. The molecule has 0 radical (unpaired) electrons. The highest BCUT2D eigenvalue weighted by atomic mass is 32.1. The summed E-state index contributed by atoms with van der Waals surface area (Å²) < 4.78 is 13.1. The van der Waals surface area contributed by atoms with Gasteiger partial charge in [0.05, 0.1) is 12.2 Å². The van der Waals surface area contributed by atoms with Crippen LogP contribution in [0.2, 0.25) is 0 Å². The van der Waals surface area contributed by atoms with E-state index in [-0.39, 0.29) is 17.9 Å². The smallest absolute Gasteiger partial charge is 0.325 e. The van der Waals surface area contributed by atoms with Crippen molar-refractivity contribution in [1.82, 2.24) is 15.2 Å². The maximum absolute atomic E-state index is 13.1. The highest BCUT2D eigenvalue weighted by Gasteiger charge is 2.49. The van der Waals surface area contributed by atoms with Crippen molar-refractivity contribution in [2.45, 2.75) is 19.0 Å². The van der Waals surface area contributed by atoms with Gasteiger partial charge in [-0.2, -0.15) is 0 Å². The second kappa shape index (κ2) is 7.34. The van der Waals surface area contributed by atoms with Gasteiger partial charge in [0.15, 0.2) is 0 Å². The van der Waals surface area contributed by atoms with Gasteiger partial charge < -0.3 is 11.1 Å². The van der Waals surface area contributed by atoms with E-state index in [9.17, 15) is 18.8 Å². The summed E-state index contributed by atoms with van der Waals surface area (Å²) in [4.78, 5) is 42.7. The molecule has 1 aliphatic rings. The van der Waals surface area contributed by atoms with E-state index in [1.807, 2.05) is 0 Å². The Hall–Kier alpha value is -3.59. The van der Waals surface area contributed by atoms with Gasteiger partial charge in [0.2, 0.25) is 5.91 Å². The number of halogens is 1. The van der Waals surface area contributed by atoms with E-state index in [4.69, 9.17) is 5.73 Å². The third-order valence-corrected chi connectivity index (χ3v) is 5.90. The molecule has 4 rings (SSSR count). The number of hydrogen-bond donors (Lipinski definition) is 2. The van der Waals surface area contributed by atoms with Crippen LogP contribution >= 0.6 is 11.3 Å². The van der Waals surface area contributed by atoms with Crippen molar-refractivity contribution in [1.29, 1.82) is 0 Å². The molecule has 0 unspecified atom stereocenters. The summed E-state index contributed by atoms with van der Waals surface area (Å²) in [6.45, 7) is 1.58. The number of nitrogens with one attached hydrogen (secondary N) is 1. The minimum atomic E-state index is -1.32. The van der Waals surface area contributed by atoms with Crippen LogP contribution in [-0.2, 0) is 16.9 Å². The van der Waals surface area contributed by atoms with Crippen molar-refractivity contribution >= 4 is 29.2 Å². The molecule has 3 aromatic rings. The molecule has 9 heteroatoms. The van der Waals surface area contributed by atoms with E-state index in [2.05, 4.69) is 10.3 Å². The van der Waals surface area contributed by atoms with Crippen LogP contribution in [0.4, 0.5) is 9.18 Å². The van der Waals surface area contributed by atoms with Gasteiger partial charge in [0, 0.05) is 16.5 Å². The summed E-state index contributed by atoms with van der Waals surface area (Å²) in [5.74, 6) is -1.41. The number of urea groups is 1. The largest absolute Gasteiger partial charge is 0.366 e. The molecule has 0 aliphatic carbocycles. The Kier molecular flexibility index (Phi) is 4.83. The number of thiazole rings is 1. The molecule has 30 heavy (non-hydrogen) atoms. The molecule has 1 aromatic heterocycles. The summed E-state index contributed by atoms with van der Waals surface area (Å²) in [5, 5.41) is 5.11. The molecule has 4 amide bonds. The molecule has 1 aliphatic heterocycles. The molecule has 2 aromatic carbocycles. The molecule has 0 bridgehead atoms. The molecule has 152 valence electrons. The second-order valence-corrected chi connectivity index (χ2v) is 7.90. The summed E-state index contributed by atoms with van der Waals surface area (Å²) >= 11 is 1.34. The Labute approximate surface area is 175 Å². The van der Waals surface area contributed by atoms with Crippen LogP contribution in [0, 0.1) is 5.82 Å². The van der Waals surface area contributed by atoms with Crippen molar-refractivity contribution in [3.8, 4) is 10.6 Å². The average molecular weight is 424 g/mol. The Morgan fingerprint density at radius 1 is 1.23 bits per heavy atom. The highest BCUT2D eigenvalue weighted by molar-refractivity contribution is 7.13. The monoisotopic (exact) mass is 424 g/mol. The second-order valence-electron chi connectivity index (χ2n) is 7.04. The van der Waals surface area contributed by atoms with Gasteiger partial charge in [-0.05, 0) is 48.9 Å². The number of hydrogen-bond acceptors (Lipinski definition) is 5. The zero-order chi connectivity index (χ0) is 21.5. The molecule has 1 fully saturated rings. The molecule has 2 heterocycles. The molecular formula is C21H17FN4O3S. The van der Waals surface area contributed by atoms with Gasteiger partial charge in [0.1, 0.15) is 16.4 Å². The zero-order valence-electron chi connectivity index (χ0n) is 15.9. The van der Waals surface area contributed by atoms with E-state index in [1.54, 1.807) is 42.6 Å². The number of aromatic nitrogens is 1. The number of amides is 4. The third kappa shape index (κ3) is 3.43. The van der Waals surface area contributed by atoms with E-state index < -0.39 is 23.4 Å². The van der Waals surface area contributed by atoms with Crippen LogP contribution in [0.15, 0.2) is 53.9 Å². The predicted octanol–water partition coefficient (Wildman–Crippen LogP) is 3.02. The summed E-state index contributed by atoms with van der Waals surface area (Å²) in [5.41, 5.74) is 6.00. The first kappa shape index (κ1) is 19.7. The van der Waals surface area contributed by atoms with Crippen LogP contribution in [0.25, 0.3) is 10.6 Å². The van der Waals surface area contributed by atoms with Crippen LogP contribution in [0.3, 0.4) is 0 Å². The first-order valence-corrected chi connectivity index (χ1v) is 9.91. The lowest BCUT2D eigenvalue weighted by Gasteiger charge is -2.22. The number of rotatable bonds is 5. The van der Waals surface area contributed by atoms with Crippen LogP contribution in [0.1, 0.15) is 28.5 Å². The Morgan fingerprint density at radius 2 is 1.97 bits per heavy atom. The highest BCUT2D eigenvalue weighted by Crippen LogP contribution is 2.31. The number of benzene rings is 2. The van der Waals surface area contributed by atoms with Gasteiger partial charge in [0.25, 0.3) is 5.91 Å². The molecule has 3 N–H and O–H groups in total. The molecule has 1 saturated heterocycles. The first-order chi connectivity index (χ1) is 14.3. The Morgan fingerprint density at radius 3 is 2.67 bits per heavy atom. The third-order valence-electron chi connectivity index (χ3n) is 4.96. The summed E-state index contributed by atoms with van der Waals surface area (Å²) in [6.07, 6.45) is 0. The van der Waals surface area contributed by atoms with Gasteiger partial charge in [-0.3, -0.25) is 14.5 Å². The van der Waals surface area contributed by atoms with Crippen molar-refractivity contribution in [2.24, 2.45) is 5.73 Å². The molecule has 0 spiro atoms. The van der Waals surface area contributed by atoms with Gasteiger partial charge >= 0.3 is 6.03 Å². The van der Waals surface area contributed by atoms with Crippen molar-refractivity contribution in [3.05, 3.63) is 76.5 Å². The summed E-state index contributed by atoms with van der Waals surface area (Å²) in [7, 11) is 0. The van der Waals surface area contributed by atoms with Crippen LogP contribution < -0.4 is 11.1 Å². The van der Waals surface area contributed by atoms with E-state index in [0.717, 1.165) is 10.5 Å². The quantitative estimate of drug-likeness (QED) is 0.614. The topological polar surface area (TPSA) is 105 Å². The van der Waals surface area contributed by atoms with E-state index in [0.29, 0.717) is 16.3 Å². The van der Waals surface area contributed by atoms with Gasteiger partial charge in [-0.15, -0.1) is 11.3 Å². The lowest BCUT2D eigenvalue weighted by atomic mass is 9.90. The van der Waals surface area contributed by atoms with E-state index >= 15 is 0 Å². The van der Waals surface area contributed by atoms with E-state index in [1.165, 1.54) is 29.5 Å². The Bertz CT molecular complexity index is 1160. The minimum Gasteiger partial charge on any atom is -0.366 e. The number of nitrogens with zero attached hydrogens (tertiary/aromatic N) is 2. The number of primary amides is 1. The number of nitrogens with two attached hydrogens (primary N) is 1. The molecular weight excluding hydrogens is 407 g/mol. The van der Waals surface area contributed by atoms with Crippen molar-refractivity contribution in [2.75, 3.05) is 0 Å². The molecule has 0 saturated carbocycles. The van der Waals surface area contributed by atoms with Gasteiger partial charge in [-0.25, -0.2) is 14.2 Å². The standard InChI is InChI=1S/C21H17FN4O3S/c1-21(14-4-2-3-13(9-14)17(23)27)19(28)26(20(29)25-21)10-16-11-30-18(24-16)12-5-7-15(22)8-6-12/h2-9,11H,10H2,1H3,(H2,23,27)(H,25,29)/t21-/m1/s1. The average Bonchev–Trinajstić information content (AvgIpc) is 3.28. The molecule has 7 nitrogen and oxygen atoms in total. The van der Waals surface area contributed by atoms with Crippen molar-refractivity contribution in [3.63, 3.8) is 0 Å². The van der Waals surface area contributed by atoms with Crippen LogP contribution in [-0.4, -0.2) is 27.7 Å². The fourth-order valence-corrected chi connectivity index (χ4v) is 4.10. The van der Waals surface area contributed by atoms with Crippen LogP contribution in [0.5, 0.6) is 0 Å². The first-order valence-electron chi connectivity index (χ1n) is 9.03. The fourth-order valence-electron chi connectivity index (χ4n) is 3.29.